The van der Waals surface area contributed by atoms with Crippen molar-refractivity contribution in [2.45, 2.75) is 304 Å². The zero-order valence-corrected chi connectivity index (χ0v) is 41.1. The van der Waals surface area contributed by atoms with E-state index < -0.39 is 6.10 Å². The first-order valence-electron chi connectivity index (χ1n) is 26.7. The molecule has 0 bridgehead atoms. The molecule has 0 aromatic rings. The lowest BCUT2D eigenvalue weighted by atomic mass is 10.0. The van der Waals surface area contributed by atoms with Crippen LogP contribution in [-0.4, -0.2) is 37.2 Å². The van der Waals surface area contributed by atoms with Gasteiger partial charge < -0.3 is 14.2 Å². The van der Waals surface area contributed by atoms with Gasteiger partial charge in [-0.1, -0.05) is 259 Å². The number of rotatable bonds is 48. The van der Waals surface area contributed by atoms with Gasteiger partial charge in [0.1, 0.15) is 13.2 Å². The zero-order chi connectivity index (χ0) is 44.0. The van der Waals surface area contributed by atoms with Crippen LogP contribution in [-0.2, 0) is 28.6 Å². The van der Waals surface area contributed by atoms with Crippen molar-refractivity contribution in [3.05, 3.63) is 0 Å². The molecule has 0 heterocycles. The fourth-order valence-corrected chi connectivity index (χ4v) is 8.17. The van der Waals surface area contributed by atoms with E-state index in [1.165, 1.54) is 186 Å². The molecule has 1 atom stereocenters. The Bertz CT molecular complexity index is 916. The number of ether oxygens (including phenoxy) is 3. The summed E-state index contributed by atoms with van der Waals surface area (Å²) in [6.07, 6.45) is 48.2. The molecule has 0 aliphatic carbocycles. The van der Waals surface area contributed by atoms with Gasteiger partial charge in [0.15, 0.2) is 6.10 Å². The first kappa shape index (κ1) is 58.4. The van der Waals surface area contributed by atoms with Crippen LogP contribution in [0.3, 0.4) is 0 Å². The summed E-state index contributed by atoms with van der Waals surface area (Å²) in [4.78, 5) is 37.9. The predicted octanol–water partition coefficient (Wildman–Crippen LogP) is 17.3. The maximum atomic E-state index is 12.8. The standard InChI is InChI=1S/C54H104O6/c1-6-7-8-9-10-11-12-13-14-15-16-17-18-19-20-24-29-34-39-44-52(55)58-47-51(48-59-53(56)45-40-35-31-26-28-33-38-43-50(4)5)60-54(57)46-41-36-30-25-22-21-23-27-32-37-42-49(2)3/h49-51H,6-48H2,1-5H3/t51-/m0/s1. The Morgan fingerprint density at radius 2 is 0.550 bits per heavy atom. The van der Waals surface area contributed by atoms with Crippen molar-refractivity contribution in [2.24, 2.45) is 11.8 Å². The molecule has 0 unspecified atom stereocenters. The van der Waals surface area contributed by atoms with Crippen LogP contribution in [0.25, 0.3) is 0 Å². The highest BCUT2D eigenvalue weighted by Crippen LogP contribution is 2.17. The second-order valence-electron chi connectivity index (χ2n) is 19.5. The molecule has 6 heteroatoms. The van der Waals surface area contributed by atoms with Gasteiger partial charge in [0, 0.05) is 19.3 Å². The third-order valence-corrected chi connectivity index (χ3v) is 12.2. The molecular weight excluding hydrogens is 745 g/mol. The minimum Gasteiger partial charge on any atom is -0.462 e. The molecule has 0 saturated heterocycles. The van der Waals surface area contributed by atoms with Gasteiger partial charge in [-0.25, -0.2) is 0 Å². The van der Waals surface area contributed by atoms with Gasteiger partial charge in [-0.2, -0.15) is 0 Å². The van der Waals surface area contributed by atoms with E-state index in [2.05, 4.69) is 34.6 Å². The van der Waals surface area contributed by atoms with E-state index in [0.29, 0.717) is 19.3 Å². The monoisotopic (exact) mass is 849 g/mol. The molecule has 0 aromatic heterocycles. The lowest BCUT2D eigenvalue weighted by Gasteiger charge is -2.18. The summed E-state index contributed by atoms with van der Waals surface area (Å²) in [5.41, 5.74) is 0. The SMILES string of the molecule is CCCCCCCCCCCCCCCCCCCCCC(=O)OC[C@@H](COC(=O)CCCCCCCCCC(C)C)OC(=O)CCCCCCCCCCCCC(C)C. The lowest BCUT2D eigenvalue weighted by molar-refractivity contribution is -0.167. The molecule has 0 saturated carbocycles. The maximum absolute atomic E-state index is 12.8. The zero-order valence-electron chi connectivity index (χ0n) is 41.1. The van der Waals surface area contributed by atoms with Gasteiger partial charge in [0.25, 0.3) is 0 Å². The average Bonchev–Trinajstić information content (AvgIpc) is 3.22. The molecule has 0 amide bonds. The van der Waals surface area contributed by atoms with E-state index in [4.69, 9.17) is 14.2 Å². The second kappa shape index (κ2) is 46.9. The highest BCUT2D eigenvalue weighted by atomic mass is 16.6. The largest absolute Gasteiger partial charge is 0.462 e. The maximum Gasteiger partial charge on any atom is 0.306 e. The van der Waals surface area contributed by atoms with Crippen molar-refractivity contribution in [1.82, 2.24) is 0 Å². The van der Waals surface area contributed by atoms with Crippen molar-refractivity contribution in [2.75, 3.05) is 13.2 Å². The molecule has 356 valence electrons. The van der Waals surface area contributed by atoms with Crippen LogP contribution in [0.5, 0.6) is 0 Å². The Labute approximate surface area is 374 Å². The number of hydrogen-bond acceptors (Lipinski definition) is 6. The van der Waals surface area contributed by atoms with Gasteiger partial charge in [0.05, 0.1) is 0 Å². The third-order valence-electron chi connectivity index (χ3n) is 12.2. The van der Waals surface area contributed by atoms with Gasteiger partial charge in [-0.15, -0.1) is 0 Å². The summed E-state index contributed by atoms with van der Waals surface area (Å²) in [5, 5.41) is 0. The Morgan fingerprint density at radius 1 is 0.317 bits per heavy atom. The van der Waals surface area contributed by atoms with E-state index in [-0.39, 0.29) is 31.1 Å². The lowest BCUT2D eigenvalue weighted by Crippen LogP contribution is -2.30. The molecule has 6 nitrogen and oxygen atoms in total. The number of hydrogen-bond donors (Lipinski definition) is 0. The summed E-state index contributed by atoms with van der Waals surface area (Å²) >= 11 is 0. The second-order valence-corrected chi connectivity index (χ2v) is 19.5. The number of esters is 3. The van der Waals surface area contributed by atoms with Crippen LogP contribution in [0, 0.1) is 11.8 Å². The molecule has 0 rings (SSSR count). The Hall–Kier alpha value is -1.59. The van der Waals surface area contributed by atoms with Crippen molar-refractivity contribution < 1.29 is 28.6 Å². The summed E-state index contributed by atoms with van der Waals surface area (Å²) in [6, 6.07) is 0. The van der Waals surface area contributed by atoms with Crippen LogP contribution < -0.4 is 0 Å². The molecule has 0 fully saturated rings. The van der Waals surface area contributed by atoms with Crippen LogP contribution in [0.15, 0.2) is 0 Å². The summed E-state index contributed by atoms with van der Waals surface area (Å²) in [5.74, 6) is 0.747. The fourth-order valence-electron chi connectivity index (χ4n) is 8.17. The minimum absolute atomic E-state index is 0.0642. The van der Waals surface area contributed by atoms with Gasteiger partial charge in [0.2, 0.25) is 0 Å². The molecule has 0 spiro atoms. The molecule has 0 aliphatic rings. The van der Waals surface area contributed by atoms with Crippen LogP contribution in [0.1, 0.15) is 298 Å². The molecule has 0 aliphatic heterocycles. The summed E-state index contributed by atoms with van der Waals surface area (Å²) in [7, 11) is 0. The van der Waals surface area contributed by atoms with E-state index >= 15 is 0 Å². The number of carbonyl (C=O) groups excluding carboxylic acids is 3. The normalized spacial score (nSPS) is 12.1. The Balaban J connectivity index is 4.24. The van der Waals surface area contributed by atoms with E-state index in [1.807, 2.05) is 0 Å². The summed E-state index contributed by atoms with van der Waals surface area (Å²) < 4.78 is 16.8. The molecule has 60 heavy (non-hydrogen) atoms. The number of unbranched alkanes of at least 4 members (excludes halogenated alkanes) is 33. The van der Waals surface area contributed by atoms with Crippen LogP contribution in [0.2, 0.25) is 0 Å². The van der Waals surface area contributed by atoms with E-state index in [0.717, 1.165) is 69.6 Å². The average molecular weight is 849 g/mol. The van der Waals surface area contributed by atoms with Crippen molar-refractivity contribution >= 4 is 17.9 Å². The minimum atomic E-state index is -0.762. The first-order chi connectivity index (χ1) is 29.2. The first-order valence-corrected chi connectivity index (χ1v) is 26.7. The highest BCUT2D eigenvalue weighted by molar-refractivity contribution is 5.71. The van der Waals surface area contributed by atoms with Crippen molar-refractivity contribution in [1.29, 1.82) is 0 Å². The fraction of sp³-hybridized carbons (Fsp3) is 0.944. The van der Waals surface area contributed by atoms with Crippen molar-refractivity contribution in [3.8, 4) is 0 Å². The summed E-state index contributed by atoms with van der Waals surface area (Å²) in [6.45, 7) is 11.3. The topological polar surface area (TPSA) is 78.9 Å². The molecule has 0 aromatic carbocycles. The van der Waals surface area contributed by atoms with E-state index in [1.54, 1.807) is 0 Å². The van der Waals surface area contributed by atoms with Crippen LogP contribution in [0.4, 0.5) is 0 Å². The van der Waals surface area contributed by atoms with E-state index in [9.17, 15) is 14.4 Å². The Kier molecular flexibility index (Phi) is 45.7. The Morgan fingerprint density at radius 3 is 0.817 bits per heavy atom. The smallest absolute Gasteiger partial charge is 0.306 e. The van der Waals surface area contributed by atoms with Crippen molar-refractivity contribution in [3.63, 3.8) is 0 Å². The third kappa shape index (κ3) is 47.5. The van der Waals surface area contributed by atoms with Gasteiger partial charge in [-0.05, 0) is 31.1 Å². The highest BCUT2D eigenvalue weighted by Gasteiger charge is 2.19. The van der Waals surface area contributed by atoms with Gasteiger partial charge >= 0.3 is 17.9 Å². The van der Waals surface area contributed by atoms with Crippen LogP contribution >= 0.6 is 0 Å². The molecule has 0 N–H and O–H groups in total. The predicted molar refractivity (Wildman–Crippen MR) is 256 cm³/mol. The quantitative estimate of drug-likeness (QED) is 0.0345. The number of carbonyl (C=O) groups is 3. The van der Waals surface area contributed by atoms with Gasteiger partial charge in [-0.3, -0.25) is 14.4 Å². The molecule has 0 radical (unpaired) electrons. The molecular formula is C54H104O6.